The number of benzene rings is 1. The summed E-state index contributed by atoms with van der Waals surface area (Å²) in [6.45, 7) is 5.59. The molecule has 6 atom stereocenters. The molecule has 3 aliphatic heterocycles. The molecule has 4 rings (SSSR count). The number of anilines is 1. The molecule has 2 unspecified atom stereocenters. The molecule has 2 amide bonds. The van der Waals surface area contributed by atoms with E-state index in [0.29, 0.717) is 30.0 Å². The predicted octanol–water partition coefficient (Wildman–Crippen LogP) is 3.09. The molecule has 32 heavy (non-hydrogen) atoms. The minimum absolute atomic E-state index is 0.234. The zero-order valence-corrected chi connectivity index (χ0v) is 20.0. The Balaban J connectivity index is 1.78. The van der Waals surface area contributed by atoms with Crippen molar-refractivity contribution in [1.29, 1.82) is 0 Å². The standard InChI is InChI=1S/C23H29ClN2O5S/c1-4-13(12-27)26-18(19(28)25-15-9-7-6-8-14(15)24)23-11-10-22(3,32-23)17(16(23)20(26)29)21(30)31-5-2/h6-9,13,16-18,27H,4-5,10-12H2,1-3H3,(H,25,28)/t13-,16-,17+,18?,22-,23?/m0/s1. The van der Waals surface area contributed by atoms with Crippen molar-refractivity contribution in [2.45, 2.75) is 61.6 Å². The Bertz CT molecular complexity index is 941. The smallest absolute Gasteiger partial charge is 0.311 e. The Morgan fingerprint density at radius 3 is 2.69 bits per heavy atom. The molecule has 2 bridgehead atoms. The molecule has 3 aliphatic rings. The molecule has 0 radical (unpaired) electrons. The summed E-state index contributed by atoms with van der Waals surface area (Å²) in [5.41, 5.74) is 0.467. The number of thioether (sulfide) groups is 1. The van der Waals surface area contributed by atoms with Crippen LogP contribution in [0.25, 0.3) is 0 Å². The minimum Gasteiger partial charge on any atom is -0.466 e. The van der Waals surface area contributed by atoms with E-state index in [-0.39, 0.29) is 31.0 Å². The molecule has 2 N–H and O–H groups in total. The van der Waals surface area contributed by atoms with E-state index in [1.165, 1.54) is 4.90 Å². The van der Waals surface area contributed by atoms with Gasteiger partial charge in [0.25, 0.3) is 0 Å². The van der Waals surface area contributed by atoms with Crippen LogP contribution in [0.2, 0.25) is 5.02 Å². The fourth-order valence-corrected chi connectivity index (χ4v) is 8.34. The number of esters is 1. The van der Waals surface area contributed by atoms with Gasteiger partial charge in [-0.25, -0.2) is 0 Å². The van der Waals surface area contributed by atoms with Crippen LogP contribution >= 0.6 is 23.4 Å². The van der Waals surface area contributed by atoms with Gasteiger partial charge < -0.3 is 20.1 Å². The quantitative estimate of drug-likeness (QED) is 0.582. The van der Waals surface area contributed by atoms with Gasteiger partial charge in [0.1, 0.15) is 6.04 Å². The molecule has 3 saturated heterocycles. The molecular weight excluding hydrogens is 452 g/mol. The number of para-hydroxylation sites is 1. The Morgan fingerprint density at radius 2 is 2.06 bits per heavy atom. The molecule has 7 nitrogen and oxygen atoms in total. The maximum absolute atomic E-state index is 13.8. The maximum Gasteiger partial charge on any atom is 0.311 e. The number of aliphatic hydroxyl groups is 1. The van der Waals surface area contributed by atoms with Crippen molar-refractivity contribution in [3.63, 3.8) is 0 Å². The highest BCUT2D eigenvalue weighted by atomic mass is 35.5. The Kier molecular flexibility index (Phi) is 6.24. The monoisotopic (exact) mass is 480 g/mol. The van der Waals surface area contributed by atoms with Gasteiger partial charge in [-0.05, 0) is 45.2 Å². The molecule has 0 aliphatic carbocycles. The van der Waals surface area contributed by atoms with Gasteiger partial charge in [0.2, 0.25) is 11.8 Å². The van der Waals surface area contributed by atoms with E-state index in [9.17, 15) is 19.5 Å². The van der Waals surface area contributed by atoms with Crippen LogP contribution in [-0.4, -0.2) is 62.6 Å². The number of carbonyl (C=O) groups excluding carboxylic acids is 3. The van der Waals surface area contributed by atoms with Gasteiger partial charge in [-0.2, -0.15) is 0 Å². The van der Waals surface area contributed by atoms with Crippen LogP contribution in [0.1, 0.15) is 40.0 Å². The zero-order chi connectivity index (χ0) is 23.3. The summed E-state index contributed by atoms with van der Waals surface area (Å²) in [5.74, 6) is -2.26. The topological polar surface area (TPSA) is 95.9 Å². The maximum atomic E-state index is 13.8. The van der Waals surface area contributed by atoms with Crippen LogP contribution in [-0.2, 0) is 19.1 Å². The Morgan fingerprint density at radius 1 is 1.34 bits per heavy atom. The van der Waals surface area contributed by atoms with Gasteiger partial charge in [0.05, 0.1) is 46.5 Å². The number of hydrogen-bond acceptors (Lipinski definition) is 6. The molecule has 1 aromatic carbocycles. The highest BCUT2D eigenvalue weighted by Gasteiger charge is 2.77. The lowest BCUT2D eigenvalue weighted by molar-refractivity contribution is -0.155. The average Bonchev–Trinajstić information content (AvgIpc) is 3.32. The number of hydrogen-bond donors (Lipinski definition) is 2. The van der Waals surface area contributed by atoms with Gasteiger partial charge >= 0.3 is 5.97 Å². The van der Waals surface area contributed by atoms with Crippen molar-refractivity contribution in [3.8, 4) is 0 Å². The third-order valence-corrected chi connectivity index (χ3v) is 9.53. The lowest BCUT2D eigenvalue weighted by Gasteiger charge is -2.36. The highest BCUT2D eigenvalue weighted by Crippen LogP contribution is 2.71. The van der Waals surface area contributed by atoms with Crippen LogP contribution in [0, 0.1) is 11.8 Å². The van der Waals surface area contributed by atoms with Gasteiger partial charge in [-0.1, -0.05) is 30.7 Å². The van der Waals surface area contributed by atoms with Crippen molar-refractivity contribution in [3.05, 3.63) is 29.3 Å². The van der Waals surface area contributed by atoms with Gasteiger partial charge in [-0.15, -0.1) is 11.8 Å². The van der Waals surface area contributed by atoms with E-state index in [0.717, 1.165) is 0 Å². The van der Waals surface area contributed by atoms with Crippen molar-refractivity contribution < 1.29 is 24.2 Å². The molecule has 9 heteroatoms. The molecule has 0 saturated carbocycles. The summed E-state index contributed by atoms with van der Waals surface area (Å²) < 4.78 is 4.14. The van der Waals surface area contributed by atoms with Crippen molar-refractivity contribution in [1.82, 2.24) is 4.90 Å². The number of rotatable bonds is 7. The molecule has 1 spiro atoms. The number of likely N-dealkylation sites (tertiary alicyclic amines) is 1. The lowest BCUT2D eigenvalue weighted by atomic mass is 9.66. The summed E-state index contributed by atoms with van der Waals surface area (Å²) in [5, 5.41) is 13.3. The first-order valence-corrected chi connectivity index (χ1v) is 12.3. The van der Waals surface area contributed by atoms with E-state index in [1.807, 2.05) is 13.8 Å². The normalized spacial score (nSPS) is 33.8. The second-order valence-corrected chi connectivity index (χ2v) is 11.2. The van der Waals surface area contributed by atoms with Crippen LogP contribution in [0.3, 0.4) is 0 Å². The largest absolute Gasteiger partial charge is 0.466 e. The lowest BCUT2D eigenvalue weighted by Crippen LogP contribution is -2.54. The van der Waals surface area contributed by atoms with Crippen LogP contribution in [0.4, 0.5) is 5.69 Å². The molecular formula is C23H29ClN2O5S. The summed E-state index contributed by atoms with van der Waals surface area (Å²) in [7, 11) is 0. The number of halogens is 1. The van der Waals surface area contributed by atoms with E-state index in [2.05, 4.69) is 5.32 Å². The number of ether oxygens (including phenoxy) is 1. The second kappa shape index (κ2) is 8.54. The Labute approximate surface area is 197 Å². The zero-order valence-electron chi connectivity index (χ0n) is 18.5. The summed E-state index contributed by atoms with van der Waals surface area (Å²) >= 11 is 7.84. The predicted molar refractivity (Wildman–Crippen MR) is 123 cm³/mol. The first-order chi connectivity index (χ1) is 15.2. The van der Waals surface area contributed by atoms with Crippen molar-refractivity contribution in [2.75, 3.05) is 18.5 Å². The van der Waals surface area contributed by atoms with E-state index in [4.69, 9.17) is 16.3 Å². The third kappa shape index (κ3) is 3.33. The van der Waals surface area contributed by atoms with Crippen LogP contribution in [0.15, 0.2) is 24.3 Å². The number of aliphatic hydroxyl groups excluding tert-OH is 1. The SMILES string of the molecule is CCOC(=O)[C@H]1[C@H]2C(=O)N([C@@H](CC)CO)C(C(=O)Nc3ccccc3Cl)C23CC[C@]1(C)S3. The summed E-state index contributed by atoms with van der Waals surface area (Å²) in [6, 6.07) is 5.61. The van der Waals surface area contributed by atoms with Gasteiger partial charge in [0, 0.05) is 4.75 Å². The molecule has 0 aromatic heterocycles. The fraction of sp³-hybridized carbons (Fsp3) is 0.609. The van der Waals surface area contributed by atoms with Crippen LogP contribution in [0.5, 0.6) is 0 Å². The number of nitrogens with one attached hydrogen (secondary N) is 1. The van der Waals surface area contributed by atoms with Crippen molar-refractivity contribution >= 4 is 46.8 Å². The second-order valence-electron chi connectivity index (χ2n) is 8.94. The number of nitrogens with zero attached hydrogens (tertiary/aromatic N) is 1. The Hall–Kier alpha value is -1.77. The van der Waals surface area contributed by atoms with E-state index >= 15 is 0 Å². The average molecular weight is 481 g/mol. The summed E-state index contributed by atoms with van der Waals surface area (Å²) in [6.07, 6.45) is 1.84. The van der Waals surface area contributed by atoms with Crippen molar-refractivity contribution in [2.24, 2.45) is 11.8 Å². The molecule has 174 valence electrons. The van der Waals surface area contributed by atoms with Crippen LogP contribution < -0.4 is 5.32 Å². The molecule has 3 heterocycles. The van der Waals surface area contributed by atoms with Gasteiger partial charge in [-0.3, -0.25) is 14.4 Å². The number of amides is 2. The van der Waals surface area contributed by atoms with E-state index in [1.54, 1.807) is 43.0 Å². The number of carbonyl (C=O) groups is 3. The summed E-state index contributed by atoms with van der Waals surface area (Å²) in [4.78, 5) is 42.0. The molecule has 1 aromatic rings. The first kappa shape index (κ1) is 23.4. The fourth-order valence-electron chi connectivity index (χ4n) is 5.82. The first-order valence-electron chi connectivity index (χ1n) is 11.1. The highest BCUT2D eigenvalue weighted by molar-refractivity contribution is 8.02. The number of fused-ring (bicyclic) bond motifs is 1. The third-order valence-electron chi connectivity index (χ3n) is 7.21. The van der Waals surface area contributed by atoms with Gasteiger partial charge in [0.15, 0.2) is 0 Å². The minimum atomic E-state index is -0.820. The molecule has 3 fully saturated rings. The van der Waals surface area contributed by atoms with E-state index < -0.39 is 33.4 Å².